The zero-order valence-corrected chi connectivity index (χ0v) is 15.5. The van der Waals surface area contributed by atoms with Gasteiger partial charge in [0.25, 0.3) is 10.0 Å². The molecule has 0 saturated carbocycles. The van der Waals surface area contributed by atoms with Gasteiger partial charge in [0.1, 0.15) is 9.90 Å². The molecule has 2 aromatic heterocycles. The van der Waals surface area contributed by atoms with Crippen molar-refractivity contribution in [2.24, 2.45) is 0 Å². The van der Waals surface area contributed by atoms with Gasteiger partial charge in [-0.15, -0.1) is 11.3 Å². The van der Waals surface area contributed by atoms with Gasteiger partial charge >= 0.3 is 6.18 Å². The van der Waals surface area contributed by atoms with Gasteiger partial charge < -0.3 is 4.52 Å². The van der Waals surface area contributed by atoms with Crippen LogP contribution in [-0.2, 0) is 22.6 Å². The van der Waals surface area contributed by atoms with Crippen molar-refractivity contribution < 1.29 is 26.1 Å². The van der Waals surface area contributed by atoms with E-state index in [1.165, 1.54) is 16.4 Å². The SMILES string of the molecule is C[C@H]1Cc2ccccc2N1S(=O)(=O)c1ccc(-c2cc(C(F)(F)F)on2)s1. The van der Waals surface area contributed by atoms with E-state index in [4.69, 9.17) is 0 Å². The van der Waals surface area contributed by atoms with Crippen molar-refractivity contribution in [3.05, 3.63) is 53.8 Å². The molecule has 5 nitrogen and oxygen atoms in total. The molecule has 0 unspecified atom stereocenters. The van der Waals surface area contributed by atoms with E-state index in [-0.39, 0.29) is 20.8 Å². The molecule has 3 aromatic rings. The molecule has 0 N–H and O–H groups in total. The Labute approximate surface area is 157 Å². The number of hydrogen-bond donors (Lipinski definition) is 0. The van der Waals surface area contributed by atoms with Gasteiger partial charge in [0.05, 0.1) is 10.6 Å². The molecule has 10 heteroatoms. The maximum absolute atomic E-state index is 13.1. The lowest BCUT2D eigenvalue weighted by atomic mass is 10.1. The first kappa shape index (κ1) is 18.1. The molecule has 0 bridgehead atoms. The van der Waals surface area contributed by atoms with E-state index in [0.717, 1.165) is 23.0 Å². The van der Waals surface area contributed by atoms with Gasteiger partial charge in [0.15, 0.2) is 0 Å². The molecular weight excluding hydrogens is 401 g/mol. The lowest BCUT2D eigenvalue weighted by molar-refractivity contribution is -0.155. The molecule has 0 amide bonds. The van der Waals surface area contributed by atoms with Crippen molar-refractivity contribution in [2.75, 3.05) is 4.31 Å². The molecule has 0 fully saturated rings. The topological polar surface area (TPSA) is 63.4 Å². The van der Waals surface area contributed by atoms with Gasteiger partial charge in [-0.3, -0.25) is 4.31 Å². The molecule has 3 heterocycles. The van der Waals surface area contributed by atoms with Crippen molar-refractivity contribution >= 4 is 27.0 Å². The maximum Gasteiger partial charge on any atom is 0.452 e. The van der Waals surface area contributed by atoms with Gasteiger partial charge in [-0.2, -0.15) is 13.2 Å². The minimum atomic E-state index is -4.65. The number of benzene rings is 1. The van der Waals surface area contributed by atoms with Crippen LogP contribution in [0.5, 0.6) is 0 Å². The van der Waals surface area contributed by atoms with Crippen LogP contribution in [0, 0.1) is 0 Å². The minimum Gasteiger partial charge on any atom is -0.351 e. The standard InChI is InChI=1S/C17H13F3N2O3S2/c1-10-8-11-4-2-3-5-13(11)22(10)27(23,24)16-7-6-14(26-16)12-9-15(25-21-12)17(18,19)20/h2-7,9-10H,8H2,1H3/t10-/m0/s1. The highest BCUT2D eigenvalue weighted by molar-refractivity contribution is 7.94. The Morgan fingerprint density at radius 3 is 2.67 bits per heavy atom. The highest BCUT2D eigenvalue weighted by atomic mass is 32.2. The Morgan fingerprint density at radius 1 is 1.22 bits per heavy atom. The Balaban J connectivity index is 1.70. The fourth-order valence-electron chi connectivity index (χ4n) is 3.12. The molecule has 27 heavy (non-hydrogen) atoms. The third-order valence-electron chi connectivity index (χ3n) is 4.28. The normalized spacial score (nSPS) is 17.3. The molecule has 0 aliphatic carbocycles. The first-order chi connectivity index (χ1) is 12.7. The summed E-state index contributed by atoms with van der Waals surface area (Å²) < 4.78 is 70.0. The number of para-hydroxylation sites is 1. The van der Waals surface area contributed by atoms with Crippen LogP contribution in [0.2, 0.25) is 0 Å². The maximum atomic E-state index is 13.1. The Kier molecular flexibility index (Phi) is 4.08. The Morgan fingerprint density at radius 2 is 1.96 bits per heavy atom. The van der Waals surface area contributed by atoms with Crippen LogP contribution in [0.25, 0.3) is 10.6 Å². The smallest absolute Gasteiger partial charge is 0.351 e. The van der Waals surface area contributed by atoms with E-state index >= 15 is 0 Å². The number of anilines is 1. The predicted molar refractivity (Wildman–Crippen MR) is 94.1 cm³/mol. The quantitative estimate of drug-likeness (QED) is 0.630. The number of sulfonamides is 1. The van der Waals surface area contributed by atoms with Gasteiger partial charge in [-0.1, -0.05) is 23.4 Å². The minimum absolute atomic E-state index is 0.0395. The van der Waals surface area contributed by atoms with Crippen LogP contribution >= 0.6 is 11.3 Å². The second-order valence-electron chi connectivity index (χ2n) is 6.18. The average Bonchev–Trinajstić information content (AvgIpc) is 3.31. The van der Waals surface area contributed by atoms with Crippen molar-refractivity contribution in [1.82, 2.24) is 5.16 Å². The zero-order valence-electron chi connectivity index (χ0n) is 13.9. The first-order valence-corrected chi connectivity index (χ1v) is 10.2. The number of fused-ring (bicyclic) bond motifs is 1. The number of aromatic nitrogens is 1. The lowest BCUT2D eigenvalue weighted by Gasteiger charge is -2.23. The van der Waals surface area contributed by atoms with E-state index in [1.54, 1.807) is 12.1 Å². The summed E-state index contributed by atoms with van der Waals surface area (Å²) in [6.07, 6.45) is -4.04. The summed E-state index contributed by atoms with van der Waals surface area (Å²) in [6, 6.07) is 10.6. The molecule has 1 aromatic carbocycles. The predicted octanol–water partition coefficient (Wildman–Crippen LogP) is 4.56. The molecule has 0 radical (unpaired) electrons. The van der Waals surface area contributed by atoms with E-state index in [2.05, 4.69) is 9.68 Å². The molecule has 1 atom stereocenters. The van der Waals surface area contributed by atoms with E-state index in [1.807, 2.05) is 19.1 Å². The second-order valence-corrected chi connectivity index (χ2v) is 9.30. The zero-order chi connectivity index (χ0) is 19.4. The number of rotatable bonds is 3. The Hall–Kier alpha value is -2.33. The van der Waals surface area contributed by atoms with Gasteiger partial charge in [-0.25, -0.2) is 8.42 Å². The fraction of sp³-hybridized carbons (Fsp3) is 0.235. The average molecular weight is 414 g/mol. The Bertz CT molecular complexity index is 1100. The molecule has 0 saturated heterocycles. The molecule has 0 spiro atoms. The van der Waals surface area contributed by atoms with E-state index < -0.39 is 22.0 Å². The van der Waals surface area contributed by atoms with E-state index in [9.17, 15) is 21.6 Å². The van der Waals surface area contributed by atoms with Crippen LogP contribution in [0.15, 0.2) is 51.2 Å². The lowest BCUT2D eigenvalue weighted by Crippen LogP contribution is -2.35. The first-order valence-electron chi connectivity index (χ1n) is 7.94. The molecule has 4 rings (SSSR count). The van der Waals surface area contributed by atoms with Gasteiger partial charge in [0.2, 0.25) is 5.76 Å². The van der Waals surface area contributed by atoms with Crippen molar-refractivity contribution in [2.45, 2.75) is 29.8 Å². The molecule has 1 aliphatic rings. The van der Waals surface area contributed by atoms with Crippen LogP contribution in [0.3, 0.4) is 0 Å². The highest BCUT2D eigenvalue weighted by Gasteiger charge is 2.38. The van der Waals surface area contributed by atoms with Gasteiger partial charge in [-0.05, 0) is 37.1 Å². The summed E-state index contributed by atoms with van der Waals surface area (Å²) in [5, 5.41) is 3.40. The van der Waals surface area contributed by atoms with Crippen LogP contribution < -0.4 is 4.31 Å². The number of nitrogens with zero attached hydrogens (tertiary/aromatic N) is 2. The summed E-state index contributed by atoms with van der Waals surface area (Å²) in [5.41, 5.74) is 1.51. The van der Waals surface area contributed by atoms with Crippen LogP contribution in [0.4, 0.5) is 18.9 Å². The number of halogens is 3. The summed E-state index contributed by atoms with van der Waals surface area (Å²) in [5.74, 6) is -1.22. The molecule has 142 valence electrons. The number of alkyl halides is 3. The van der Waals surface area contributed by atoms with Gasteiger partial charge in [0, 0.05) is 12.1 Å². The summed E-state index contributed by atoms with van der Waals surface area (Å²) in [6.45, 7) is 1.82. The van der Waals surface area contributed by atoms with E-state index in [0.29, 0.717) is 12.1 Å². The summed E-state index contributed by atoms with van der Waals surface area (Å²) in [7, 11) is -3.84. The summed E-state index contributed by atoms with van der Waals surface area (Å²) >= 11 is 0.861. The molecule has 1 aliphatic heterocycles. The van der Waals surface area contributed by atoms with Crippen LogP contribution in [0.1, 0.15) is 18.2 Å². The highest BCUT2D eigenvalue weighted by Crippen LogP contribution is 2.40. The summed E-state index contributed by atoms with van der Waals surface area (Å²) in [4.78, 5) is 0.285. The van der Waals surface area contributed by atoms with Crippen molar-refractivity contribution in [3.8, 4) is 10.6 Å². The van der Waals surface area contributed by atoms with Crippen molar-refractivity contribution in [1.29, 1.82) is 0 Å². The number of hydrogen-bond acceptors (Lipinski definition) is 5. The monoisotopic (exact) mass is 414 g/mol. The third kappa shape index (κ3) is 3.02. The number of thiophene rings is 1. The van der Waals surface area contributed by atoms with Crippen molar-refractivity contribution in [3.63, 3.8) is 0 Å². The fourth-order valence-corrected chi connectivity index (χ4v) is 6.16. The largest absolute Gasteiger partial charge is 0.452 e. The molecular formula is C17H13F3N2O3S2. The third-order valence-corrected chi connectivity index (χ3v) is 7.78. The second kappa shape index (κ2) is 6.10. The van der Waals surface area contributed by atoms with Crippen LogP contribution in [-0.4, -0.2) is 19.6 Å².